The lowest BCUT2D eigenvalue weighted by Crippen LogP contribution is -2.39. The standard InChI is InChI=1S/C25H28F2N3O2P/c1-3-22(18-12-7-5-8-13-18)28-33(32,29-23(4-2)19-14-9-6-10-15-19)30-25(31)24-20(26)16-11-17-21(24)27/h5-17,22-23H,3-4H2,1-2H3,(H3,28,29,30,31,32)/t22-,23-/m1/s1. The van der Waals surface area contributed by atoms with E-state index in [-0.39, 0.29) is 12.1 Å². The quantitative estimate of drug-likeness (QED) is 0.304. The summed E-state index contributed by atoms with van der Waals surface area (Å²) in [7, 11) is -3.89. The normalized spacial score (nSPS) is 13.3. The molecule has 0 aliphatic heterocycles. The fraction of sp³-hybridized carbons (Fsp3) is 0.240. The number of carbonyl (C=O) groups excluding carboxylic acids is 1. The van der Waals surface area contributed by atoms with Gasteiger partial charge in [-0.1, -0.05) is 80.6 Å². The number of nitrogens with one attached hydrogen (secondary N) is 3. The van der Waals surface area contributed by atoms with Gasteiger partial charge in [-0.2, -0.15) is 0 Å². The molecule has 3 rings (SSSR count). The van der Waals surface area contributed by atoms with Crippen molar-refractivity contribution in [1.29, 1.82) is 0 Å². The number of amides is 1. The summed E-state index contributed by atoms with van der Waals surface area (Å²) in [5, 5.41) is 8.45. The lowest BCUT2D eigenvalue weighted by molar-refractivity contribution is 0.0971. The van der Waals surface area contributed by atoms with Gasteiger partial charge in [0.05, 0.1) is 0 Å². The molecule has 0 spiro atoms. The van der Waals surface area contributed by atoms with E-state index < -0.39 is 30.7 Å². The molecule has 0 saturated heterocycles. The zero-order valence-corrected chi connectivity index (χ0v) is 19.5. The molecule has 0 heterocycles. The largest absolute Gasteiger partial charge is 0.306 e. The molecule has 3 N–H and O–H groups in total. The van der Waals surface area contributed by atoms with Crippen LogP contribution in [0.25, 0.3) is 0 Å². The van der Waals surface area contributed by atoms with Gasteiger partial charge in [0.1, 0.15) is 17.2 Å². The number of hydrogen-bond donors (Lipinski definition) is 3. The molecule has 3 aromatic rings. The van der Waals surface area contributed by atoms with Gasteiger partial charge in [-0.05, 0) is 36.1 Å². The van der Waals surface area contributed by atoms with E-state index >= 15 is 0 Å². The van der Waals surface area contributed by atoms with Crippen LogP contribution in [0.4, 0.5) is 8.78 Å². The summed E-state index contributed by atoms with van der Waals surface area (Å²) in [5.41, 5.74) is 0.976. The third-order valence-corrected chi connectivity index (χ3v) is 7.21. The van der Waals surface area contributed by atoms with Gasteiger partial charge in [0.15, 0.2) is 0 Å². The monoisotopic (exact) mass is 471 g/mol. The molecule has 0 saturated carbocycles. The Hall–Kier alpha value is -2.86. The molecule has 33 heavy (non-hydrogen) atoms. The second kappa shape index (κ2) is 11.3. The summed E-state index contributed by atoms with van der Waals surface area (Å²) in [6.45, 7) is 3.84. The molecule has 1 amide bonds. The first-order valence-corrected chi connectivity index (χ1v) is 12.6. The van der Waals surface area contributed by atoms with Crippen LogP contribution in [0.15, 0.2) is 78.9 Å². The van der Waals surface area contributed by atoms with Crippen molar-refractivity contribution in [2.45, 2.75) is 38.8 Å². The Morgan fingerprint density at radius 1 is 0.758 bits per heavy atom. The highest BCUT2D eigenvalue weighted by Crippen LogP contribution is 2.40. The zero-order chi connectivity index (χ0) is 23.8. The second-order valence-electron chi connectivity index (χ2n) is 7.65. The SMILES string of the molecule is CC[C@@H](NP(=O)(NC(=O)c1c(F)cccc1F)N[C@H](CC)c1ccccc1)c1ccccc1. The number of hydrogen-bond acceptors (Lipinski definition) is 2. The number of carbonyl (C=O) groups is 1. The first kappa shape index (κ1) is 24.8. The third kappa shape index (κ3) is 6.35. The van der Waals surface area contributed by atoms with Crippen molar-refractivity contribution in [1.82, 2.24) is 15.3 Å². The van der Waals surface area contributed by atoms with E-state index in [0.717, 1.165) is 23.3 Å². The Kier molecular flexibility index (Phi) is 8.50. The van der Waals surface area contributed by atoms with Crippen molar-refractivity contribution in [3.63, 3.8) is 0 Å². The maximum atomic E-state index is 14.2. The van der Waals surface area contributed by atoms with Gasteiger partial charge >= 0.3 is 7.59 Å². The van der Waals surface area contributed by atoms with Crippen LogP contribution in [0.5, 0.6) is 0 Å². The van der Waals surface area contributed by atoms with Gasteiger partial charge < -0.3 is 0 Å². The first-order chi connectivity index (χ1) is 15.9. The van der Waals surface area contributed by atoms with Crippen LogP contribution in [-0.2, 0) is 4.57 Å². The van der Waals surface area contributed by atoms with Gasteiger partial charge in [-0.15, -0.1) is 0 Å². The van der Waals surface area contributed by atoms with E-state index in [1.165, 1.54) is 6.07 Å². The van der Waals surface area contributed by atoms with Crippen molar-refractivity contribution in [3.05, 3.63) is 107 Å². The minimum Gasteiger partial charge on any atom is -0.279 e. The highest BCUT2D eigenvalue weighted by Gasteiger charge is 2.33. The fourth-order valence-electron chi connectivity index (χ4n) is 3.63. The summed E-state index contributed by atoms with van der Waals surface area (Å²) in [6, 6.07) is 21.2. The van der Waals surface area contributed by atoms with Crippen molar-refractivity contribution in [3.8, 4) is 0 Å². The van der Waals surface area contributed by atoms with Crippen molar-refractivity contribution >= 4 is 13.5 Å². The molecule has 3 aromatic carbocycles. The smallest absolute Gasteiger partial charge is 0.279 e. The predicted molar refractivity (Wildman–Crippen MR) is 127 cm³/mol. The maximum absolute atomic E-state index is 14.2. The number of benzene rings is 3. The Bertz CT molecular complexity index is 1040. The van der Waals surface area contributed by atoms with Crippen LogP contribution in [0.1, 0.15) is 60.3 Å². The molecule has 174 valence electrons. The Morgan fingerprint density at radius 3 is 1.58 bits per heavy atom. The maximum Gasteiger partial charge on any atom is 0.306 e. The summed E-state index contributed by atoms with van der Waals surface area (Å²) < 4.78 is 42.6. The molecule has 0 fully saturated rings. The number of rotatable bonds is 10. The molecule has 5 nitrogen and oxygen atoms in total. The van der Waals surface area contributed by atoms with Gasteiger partial charge in [0, 0.05) is 12.1 Å². The molecule has 0 bridgehead atoms. The average Bonchev–Trinajstić information content (AvgIpc) is 2.82. The number of halogens is 2. The van der Waals surface area contributed by atoms with Crippen LogP contribution in [0, 0.1) is 11.6 Å². The molecule has 2 atom stereocenters. The highest BCUT2D eigenvalue weighted by atomic mass is 31.2. The Balaban J connectivity index is 1.95. The van der Waals surface area contributed by atoms with E-state index in [0.29, 0.717) is 12.8 Å². The lowest BCUT2D eigenvalue weighted by Gasteiger charge is -2.30. The van der Waals surface area contributed by atoms with Gasteiger partial charge in [-0.3, -0.25) is 14.4 Å². The second-order valence-corrected chi connectivity index (χ2v) is 9.61. The summed E-state index contributed by atoms with van der Waals surface area (Å²) in [5.74, 6) is -3.15. The van der Waals surface area contributed by atoms with Crippen molar-refractivity contribution < 1.29 is 18.1 Å². The molecule has 8 heteroatoms. The van der Waals surface area contributed by atoms with Crippen molar-refractivity contribution in [2.75, 3.05) is 0 Å². The molecule has 0 aromatic heterocycles. The third-order valence-electron chi connectivity index (χ3n) is 5.34. The lowest BCUT2D eigenvalue weighted by atomic mass is 10.1. The van der Waals surface area contributed by atoms with Crippen LogP contribution in [0.3, 0.4) is 0 Å². The van der Waals surface area contributed by atoms with E-state index in [9.17, 15) is 18.1 Å². The van der Waals surface area contributed by atoms with E-state index in [1.54, 1.807) is 0 Å². The minimum atomic E-state index is -3.89. The van der Waals surface area contributed by atoms with E-state index in [2.05, 4.69) is 15.3 Å². The molecule has 0 unspecified atom stereocenters. The highest BCUT2D eigenvalue weighted by molar-refractivity contribution is 7.58. The van der Waals surface area contributed by atoms with Crippen LogP contribution >= 0.6 is 7.59 Å². The molecule has 0 aliphatic carbocycles. The topological polar surface area (TPSA) is 70.2 Å². The summed E-state index contributed by atoms with van der Waals surface area (Å²) in [6.07, 6.45) is 1.14. The summed E-state index contributed by atoms with van der Waals surface area (Å²) >= 11 is 0. The molecular formula is C25H28F2N3O2P. The van der Waals surface area contributed by atoms with Gasteiger partial charge in [0.25, 0.3) is 5.91 Å². The fourth-order valence-corrected chi connectivity index (χ4v) is 5.77. The predicted octanol–water partition coefficient (Wildman–Crippen LogP) is 6.28. The molecular weight excluding hydrogens is 443 g/mol. The Labute approximate surface area is 193 Å². The van der Waals surface area contributed by atoms with Crippen LogP contribution in [0.2, 0.25) is 0 Å². The average molecular weight is 471 g/mol. The first-order valence-electron chi connectivity index (χ1n) is 10.9. The van der Waals surface area contributed by atoms with Gasteiger partial charge in [-0.25, -0.2) is 19.0 Å². The van der Waals surface area contributed by atoms with Crippen molar-refractivity contribution in [2.24, 2.45) is 0 Å². The van der Waals surface area contributed by atoms with Gasteiger partial charge in [0.2, 0.25) is 0 Å². The van der Waals surface area contributed by atoms with E-state index in [1.807, 2.05) is 74.5 Å². The van der Waals surface area contributed by atoms with Crippen LogP contribution in [-0.4, -0.2) is 5.91 Å². The zero-order valence-electron chi connectivity index (χ0n) is 18.6. The molecule has 0 radical (unpaired) electrons. The Morgan fingerprint density at radius 2 is 1.18 bits per heavy atom. The summed E-state index contributed by atoms with van der Waals surface area (Å²) in [4.78, 5) is 12.9. The minimum absolute atomic E-state index is 0.372. The van der Waals surface area contributed by atoms with Crippen LogP contribution < -0.4 is 15.3 Å². The van der Waals surface area contributed by atoms with E-state index in [4.69, 9.17) is 0 Å². The molecule has 0 aliphatic rings.